The second-order valence-electron chi connectivity index (χ2n) is 6.06. The van der Waals surface area contributed by atoms with Crippen molar-refractivity contribution in [3.63, 3.8) is 0 Å². The number of hydrogen-bond donors (Lipinski definition) is 1. The van der Waals surface area contributed by atoms with Crippen molar-refractivity contribution in [3.8, 4) is 11.8 Å². The van der Waals surface area contributed by atoms with Gasteiger partial charge in [0.25, 0.3) is 5.91 Å². The molecule has 1 fully saturated rings. The number of rotatable bonds is 5. The maximum Gasteiger partial charge on any atom is 0.433 e. The molecule has 4 rings (SSSR count). The molecule has 8 nitrogen and oxygen atoms in total. The second-order valence-corrected chi connectivity index (χ2v) is 6.06. The number of ether oxygens (including phenoxy) is 1. The van der Waals surface area contributed by atoms with Gasteiger partial charge in [-0.05, 0) is 25.0 Å². The topological polar surface area (TPSA) is 94.8 Å². The second kappa shape index (κ2) is 6.91. The van der Waals surface area contributed by atoms with Gasteiger partial charge in [0, 0.05) is 30.3 Å². The third-order valence-corrected chi connectivity index (χ3v) is 3.78. The maximum atomic E-state index is 12.8. The Bertz CT molecular complexity index is 1000. The Kier molecular flexibility index (Phi) is 4.41. The van der Waals surface area contributed by atoms with E-state index in [1.165, 1.54) is 29.2 Å². The van der Waals surface area contributed by atoms with Crippen molar-refractivity contribution < 1.29 is 22.7 Å². The number of hydrogen-bond acceptors (Lipinski definition) is 6. The van der Waals surface area contributed by atoms with Crippen molar-refractivity contribution in [2.45, 2.75) is 25.1 Å². The fraction of sp³-hybridized carbons (Fsp3) is 0.235. The van der Waals surface area contributed by atoms with Crippen LogP contribution in [0.2, 0.25) is 0 Å². The fourth-order valence-electron chi connectivity index (χ4n) is 2.30. The summed E-state index contributed by atoms with van der Waals surface area (Å²) in [6.45, 7) is 0. The highest BCUT2D eigenvalue weighted by Gasteiger charge is 2.32. The Morgan fingerprint density at radius 3 is 2.71 bits per heavy atom. The van der Waals surface area contributed by atoms with Crippen LogP contribution in [0, 0.1) is 0 Å². The van der Waals surface area contributed by atoms with Gasteiger partial charge in [-0.3, -0.25) is 14.3 Å². The van der Waals surface area contributed by atoms with Crippen LogP contribution in [0.1, 0.15) is 29.0 Å². The van der Waals surface area contributed by atoms with Crippen molar-refractivity contribution in [2.75, 3.05) is 5.32 Å². The minimum atomic E-state index is -4.62. The number of aromatic nitrogens is 5. The number of nitrogens with one attached hydrogen (secondary N) is 1. The number of alkyl halides is 3. The van der Waals surface area contributed by atoms with Gasteiger partial charge in [0.2, 0.25) is 11.8 Å². The van der Waals surface area contributed by atoms with Crippen LogP contribution >= 0.6 is 0 Å². The first-order valence-electron chi connectivity index (χ1n) is 8.27. The summed E-state index contributed by atoms with van der Waals surface area (Å²) in [5.74, 6) is -0.340. The predicted octanol–water partition coefficient (Wildman–Crippen LogP) is 2.87. The number of anilines is 1. The van der Waals surface area contributed by atoms with Crippen LogP contribution in [0.15, 0.2) is 43.1 Å². The number of amides is 1. The van der Waals surface area contributed by atoms with E-state index in [2.05, 4.69) is 25.3 Å². The molecule has 11 heteroatoms. The van der Waals surface area contributed by atoms with E-state index < -0.39 is 17.8 Å². The van der Waals surface area contributed by atoms with Gasteiger partial charge in [0.1, 0.15) is 23.8 Å². The van der Waals surface area contributed by atoms with E-state index in [0.29, 0.717) is 0 Å². The summed E-state index contributed by atoms with van der Waals surface area (Å²) in [6.07, 6.45) is 2.75. The average Bonchev–Trinajstić information content (AvgIpc) is 3.29. The largest absolute Gasteiger partial charge is 0.474 e. The molecular formula is C17H13F3N6O2. The lowest BCUT2D eigenvalue weighted by Crippen LogP contribution is -2.17. The molecule has 1 N–H and O–H groups in total. The third kappa shape index (κ3) is 4.08. The Morgan fingerprint density at radius 1 is 1.21 bits per heavy atom. The lowest BCUT2D eigenvalue weighted by Gasteiger charge is -2.11. The zero-order valence-corrected chi connectivity index (χ0v) is 14.2. The molecule has 3 aromatic heterocycles. The highest BCUT2D eigenvalue weighted by molar-refractivity contribution is 6.03. The summed E-state index contributed by atoms with van der Waals surface area (Å²) in [5, 5.41) is 2.39. The van der Waals surface area contributed by atoms with Gasteiger partial charge in [-0.2, -0.15) is 18.2 Å². The van der Waals surface area contributed by atoms with Crippen LogP contribution < -0.4 is 10.1 Å². The van der Waals surface area contributed by atoms with Gasteiger partial charge < -0.3 is 10.1 Å². The first-order valence-corrected chi connectivity index (χ1v) is 8.27. The van der Waals surface area contributed by atoms with E-state index in [0.717, 1.165) is 25.1 Å². The summed E-state index contributed by atoms with van der Waals surface area (Å²) < 4.78 is 45.5. The molecule has 0 saturated heterocycles. The molecule has 1 aliphatic carbocycles. The van der Waals surface area contributed by atoms with Gasteiger partial charge >= 0.3 is 6.18 Å². The molecule has 0 aromatic carbocycles. The number of carbonyl (C=O) groups excluding carboxylic acids is 1. The maximum absolute atomic E-state index is 12.8. The van der Waals surface area contributed by atoms with E-state index in [9.17, 15) is 18.0 Å². The summed E-state index contributed by atoms with van der Waals surface area (Å²) in [4.78, 5) is 28.1. The van der Waals surface area contributed by atoms with Crippen molar-refractivity contribution in [1.29, 1.82) is 0 Å². The normalized spacial score (nSPS) is 14.0. The summed E-state index contributed by atoms with van der Waals surface area (Å²) in [7, 11) is 0. The van der Waals surface area contributed by atoms with Crippen LogP contribution in [0.3, 0.4) is 0 Å². The zero-order chi connectivity index (χ0) is 19.7. The van der Waals surface area contributed by atoms with Crippen LogP contribution in [0.25, 0.3) is 5.95 Å². The van der Waals surface area contributed by atoms with Gasteiger partial charge in [-0.1, -0.05) is 0 Å². The lowest BCUT2D eigenvalue weighted by molar-refractivity contribution is -0.141. The van der Waals surface area contributed by atoms with E-state index in [1.54, 1.807) is 6.20 Å². The smallest absolute Gasteiger partial charge is 0.433 e. The van der Waals surface area contributed by atoms with E-state index in [1.807, 2.05) is 0 Å². The summed E-state index contributed by atoms with van der Waals surface area (Å²) in [5.41, 5.74) is -1.22. The molecule has 0 bridgehead atoms. The van der Waals surface area contributed by atoms with Crippen LogP contribution in [0.5, 0.6) is 5.88 Å². The van der Waals surface area contributed by atoms with E-state index in [-0.39, 0.29) is 29.3 Å². The van der Waals surface area contributed by atoms with E-state index in [4.69, 9.17) is 4.74 Å². The van der Waals surface area contributed by atoms with Crippen molar-refractivity contribution >= 4 is 11.6 Å². The lowest BCUT2D eigenvalue weighted by atomic mass is 10.3. The number of halogens is 3. The molecule has 28 heavy (non-hydrogen) atoms. The summed E-state index contributed by atoms with van der Waals surface area (Å²) in [6, 6.07) is 3.35. The highest BCUT2D eigenvalue weighted by atomic mass is 19.4. The standard InChI is InChI=1S/C17H13F3N6O2/c18-17(19,20)13-7-10(3-4-22-13)23-15(27)12-8-14(28-11-1-2-11)25-16(24-12)26-6-5-21-9-26/h3-9,11H,1-2H2,(H,22,23,27). The quantitative estimate of drug-likeness (QED) is 0.720. The molecular weight excluding hydrogens is 377 g/mol. The van der Waals surface area contributed by atoms with Crippen molar-refractivity contribution in [3.05, 3.63) is 54.5 Å². The molecule has 0 atom stereocenters. The molecule has 1 amide bonds. The first kappa shape index (κ1) is 17.9. The zero-order valence-electron chi connectivity index (χ0n) is 14.2. The molecule has 3 aromatic rings. The minimum Gasteiger partial charge on any atom is -0.474 e. The molecule has 1 saturated carbocycles. The van der Waals surface area contributed by atoms with Crippen molar-refractivity contribution in [1.82, 2.24) is 24.5 Å². The van der Waals surface area contributed by atoms with Gasteiger partial charge in [0.15, 0.2) is 0 Å². The SMILES string of the molecule is O=C(Nc1ccnc(C(F)(F)F)c1)c1cc(OC2CC2)nc(-n2ccnc2)n1. The Hall–Kier alpha value is -3.50. The fourth-order valence-corrected chi connectivity index (χ4v) is 2.30. The van der Waals surface area contributed by atoms with Gasteiger partial charge in [0.05, 0.1) is 0 Å². The Balaban J connectivity index is 1.62. The molecule has 1 aliphatic rings. The number of carbonyl (C=O) groups is 1. The van der Waals surface area contributed by atoms with Crippen LogP contribution in [-0.2, 0) is 6.18 Å². The Labute approximate surface area is 156 Å². The predicted molar refractivity (Wildman–Crippen MR) is 90.0 cm³/mol. The molecule has 0 aliphatic heterocycles. The molecule has 0 spiro atoms. The molecule has 144 valence electrons. The summed E-state index contributed by atoms with van der Waals surface area (Å²) >= 11 is 0. The molecule has 0 radical (unpaired) electrons. The van der Waals surface area contributed by atoms with Gasteiger partial charge in [-0.25, -0.2) is 9.97 Å². The van der Waals surface area contributed by atoms with E-state index >= 15 is 0 Å². The Morgan fingerprint density at radius 2 is 2.04 bits per heavy atom. The first-order chi connectivity index (χ1) is 13.4. The number of pyridine rings is 1. The van der Waals surface area contributed by atoms with Crippen LogP contribution in [0.4, 0.5) is 18.9 Å². The average molecular weight is 390 g/mol. The van der Waals surface area contributed by atoms with Crippen LogP contribution in [-0.4, -0.2) is 36.5 Å². The molecule has 3 heterocycles. The number of nitrogens with zero attached hydrogens (tertiary/aromatic N) is 5. The monoisotopic (exact) mass is 390 g/mol. The highest BCUT2D eigenvalue weighted by Crippen LogP contribution is 2.29. The van der Waals surface area contributed by atoms with Crippen molar-refractivity contribution in [2.24, 2.45) is 0 Å². The van der Waals surface area contributed by atoms with Gasteiger partial charge in [-0.15, -0.1) is 0 Å². The third-order valence-electron chi connectivity index (χ3n) is 3.78. The molecule has 0 unspecified atom stereocenters. The minimum absolute atomic E-state index is 0.0380. The number of imidazole rings is 1.